The van der Waals surface area contributed by atoms with Crippen molar-refractivity contribution in [3.05, 3.63) is 29.7 Å². The molecule has 2 aliphatic heterocycles. The summed E-state index contributed by atoms with van der Waals surface area (Å²) in [5, 5.41) is 0. The lowest BCUT2D eigenvalue weighted by atomic mass is 9.78. The molecule has 1 atom stereocenters. The second-order valence-electron chi connectivity index (χ2n) is 7.57. The van der Waals surface area contributed by atoms with E-state index in [1.165, 1.54) is 0 Å². The van der Waals surface area contributed by atoms with Crippen LogP contribution in [0.2, 0.25) is 0 Å². The molecule has 0 radical (unpaired) electrons. The minimum Gasteiger partial charge on any atom is -0.441 e. The Bertz CT molecular complexity index is 857. The van der Waals surface area contributed by atoms with E-state index in [4.69, 9.17) is 4.42 Å². The minimum atomic E-state index is -0.379. The number of benzene rings is 1. The summed E-state index contributed by atoms with van der Waals surface area (Å²) in [6, 6.07) is 5.37. The number of likely N-dealkylation sites (tertiary alicyclic amines) is 2. The van der Waals surface area contributed by atoms with Gasteiger partial charge in [0.05, 0.1) is 5.41 Å². The van der Waals surface area contributed by atoms with Gasteiger partial charge in [0, 0.05) is 38.7 Å². The number of piperidine rings is 1. The van der Waals surface area contributed by atoms with Crippen LogP contribution in [0.5, 0.6) is 0 Å². The molecule has 0 unspecified atom stereocenters. The zero-order valence-electron chi connectivity index (χ0n) is 15.5. The Hall–Kier alpha value is -2.37. The average molecular weight is 355 g/mol. The van der Waals surface area contributed by atoms with Gasteiger partial charge in [0.25, 0.3) is 5.91 Å². The van der Waals surface area contributed by atoms with Crippen LogP contribution in [-0.4, -0.2) is 52.8 Å². The highest BCUT2D eigenvalue weighted by molar-refractivity contribution is 5.98. The number of fused-ring (bicyclic) bond motifs is 1. The first-order valence-electron chi connectivity index (χ1n) is 9.48. The molecule has 6 nitrogen and oxygen atoms in total. The topological polar surface area (TPSA) is 66.7 Å². The molecule has 1 aromatic carbocycles. The molecule has 2 amide bonds. The van der Waals surface area contributed by atoms with Crippen LogP contribution in [0.1, 0.15) is 48.9 Å². The first-order chi connectivity index (χ1) is 12.5. The Morgan fingerprint density at radius 1 is 1.31 bits per heavy atom. The predicted molar refractivity (Wildman–Crippen MR) is 97.8 cm³/mol. The van der Waals surface area contributed by atoms with Crippen LogP contribution in [0.25, 0.3) is 11.1 Å². The van der Waals surface area contributed by atoms with Gasteiger partial charge >= 0.3 is 0 Å². The number of rotatable bonds is 3. The summed E-state index contributed by atoms with van der Waals surface area (Å²) in [6.07, 6.45) is 3.65. The number of carbonyl (C=O) groups excluding carboxylic acids is 2. The fraction of sp³-hybridized carbons (Fsp3) is 0.550. The Morgan fingerprint density at radius 3 is 2.96 bits per heavy atom. The third kappa shape index (κ3) is 2.77. The van der Waals surface area contributed by atoms with Gasteiger partial charge in [-0.25, -0.2) is 4.98 Å². The lowest BCUT2D eigenvalue weighted by Gasteiger charge is -2.39. The van der Waals surface area contributed by atoms with Crippen molar-refractivity contribution in [2.45, 2.75) is 39.5 Å². The van der Waals surface area contributed by atoms with Crippen LogP contribution in [0.4, 0.5) is 0 Å². The molecule has 1 spiro atoms. The van der Waals surface area contributed by atoms with Gasteiger partial charge in [-0.15, -0.1) is 0 Å². The second-order valence-corrected chi connectivity index (χ2v) is 7.57. The normalized spacial score (nSPS) is 23.4. The van der Waals surface area contributed by atoms with E-state index in [0.717, 1.165) is 44.3 Å². The molecule has 2 saturated heterocycles. The van der Waals surface area contributed by atoms with Gasteiger partial charge in [0.2, 0.25) is 5.91 Å². The predicted octanol–water partition coefficient (Wildman–Crippen LogP) is 3.00. The molecule has 138 valence electrons. The third-order valence-corrected chi connectivity index (χ3v) is 5.70. The van der Waals surface area contributed by atoms with Crippen molar-refractivity contribution in [1.82, 2.24) is 14.8 Å². The first-order valence-corrected chi connectivity index (χ1v) is 9.48. The number of aryl methyl sites for hydroxylation is 1. The summed E-state index contributed by atoms with van der Waals surface area (Å²) in [5.41, 5.74) is 1.61. The van der Waals surface area contributed by atoms with Crippen LogP contribution < -0.4 is 0 Å². The quantitative estimate of drug-likeness (QED) is 0.849. The van der Waals surface area contributed by atoms with E-state index in [9.17, 15) is 9.59 Å². The molecule has 1 aromatic heterocycles. The standard InChI is InChI=1S/C20H25N3O3/c1-3-9-22-10-4-7-20(19(22)25)8-11-23(13-20)18(24)15-5-6-16-17(12-15)26-14(2)21-16/h5-6,12H,3-4,7-11,13H2,1-2H3/t20-/m1/s1. The summed E-state index contributed by atoms with van der Waals surface area (Å²) in [6.45, 7) is 6.72. The zero-order chi connectivity index (χ0) is 18.3. The summed E-state index contributed by atoms with van der Waals surface area (Å²) < 4.78 is 5.55. The van der Waals surface area contributed by atoms with Gasteiger partial charge in [-0.1, -0.05) is 6.92 Å². The van der Waals surface area contributed by atoms with Crippen LogP contribution >= 0.6 is 0 Å². The van der Waals surface area contributed by atoms with Crippen LogP contribution in [0.3, 0.4) is 0 Å². The molecule has 0 saturated carbocycles. The molecule has 0 aliphatic carbocycles. The summed E-state index contributed by atoms with van der Waals surface area (Å²) in [5.74, 6) is 0.800. The van der Waals surface area contributed by atoms with Crippen molar-refractivity contribution >= 4 is 22.9 Å². The molecule has 2 aliphatic rings. The Balaban J connectivity index is 1.53. The minimum absolute atomic E-state index is 0.0294. The number of aromatic nitrogens is 1. The van der Waals surface area contributed by atoms with E-state index in [1.807, 2.05) is 15.9 Å². The second kappa shape index (κ2) is 6.41. The van der Waals surface area contributed by atoms with Gasteiger partial charge < -0.3 is 14.2 Å². The fourth-order valence-corrected chi connectivity index (χ4v) is 4.42. The summed E-state index contributed by atoms with van der Waals surface area (Å²) in [4.78, 5) is 34.1. The van der Waals surface area contributed by atoms with Crippen LogP contribution in [-0.2, 0) is 4.79 Å². The van der Waals surface area contributed by atoms with Gasteiger partial charge in [-0.3, -0.25) is 9.59 Å². The van der Waals surface area contributed by atoms with E-state index in [1.54, 1.807) is 19.1 Å². The highest BCUT2D eigenvalue weighted by Gasteiger charge is 2.49. The van der Waals surface area contributed by atoms with E-state index >= 15 is 0 Å². The van der Waals surface area contributed by atoms with Gasteiger partial charge in [0.1, 0.15) is 5.52 Å². The highest BCUT2D eigenvalue weighted by Crippen LogP contribution is 2.40. The Kier molecular flexibility index (Phi) is 4.21. The Labute approximate surface area is 153 Å². The van der Waals surface area contributed by atoms with E-state index in [2.05, 4.69) is 11.9 Å². The SMILES string of the molecule is CCCN1CCC[C@]2(CCN(C(=O)c3ccc4nc(C)oc4c3)C2)C1=O. The first kappa shape index (κ1) is 17.1. The number of carbonyl (C=O) groups is 2. The average Bonchev–Trinajstić information content (AvgIpc) is 3.21. The molecular formula is C20H25N3O3. The molecule has 4 rings (SSSR count). The van der Waals surface area contributed by atoms with Crippen LogP contribution in [0.15, 0.2) is 22.6 Å². The molecule has 0 bridgehead atoms. The number of oxazole rings is 1. The van der Waals surface area contributed by atoms with Gasteiger partial charge in [0.15, 0.2) is 11.5 Å². The molecule has 3 heterocycles. The highest BCUT2D eigenvalue weighted by atomic mass is 16.3. The Morgan fingerprint density at radius 2 is 2.15 bits per heavy atom. The lowest BCUT2D eigenvalue weighted by Crippen LogP contribution is -2.50. The summed E-state index contributed by atoms with van der Waals surface area (Å²) in [7, 11) is 0. The van der Waals surface area contributed by atoms with E-state index in [0.29, 0.717) is 30.1 Å². The number of nitrogens with zero attached hydrogens (tertiary/aromatic N) is 3. The molecule has 26 heavy (non-hydrogen) atoms. The lowest BCUT2D eigenvalue weighted by molar-refractivity contribution is -0.145. The maximum Gasteiger partial charge on any atom is 0.254 e. The summed E-state index contributed by atoms with van der Waals surface area (Å²) >= 11 is 0. The van der Waals surface area contributed by atoms with Crippen molar-refractivity contribution < 1.29 is 14.0 Å². The maximum absolute atomic E-state index is 13.0. The van der Waals surface area contributed by atoms with Crippen molar-refractivity contribution in [2.75, 3.05) is 26.2 Å². The van der Waals surface area contributed by atoms with E-state index in [-0.39, 0.29) is 17.2 Å². The molecule has 0 N–H and O–H groups in total. The maximum atomic E-state index is 13.0. The van der Waals surface area contributed by atoms with Crippen molar-refractivity contribution in [1.29, 1.82) is 0 Å². The van der Waals surface area contributed by atoms with E-state index < -0.39 is 0 Å². The largest absolute Gasteiger partial charge is 0.441 e. The molecular weight excluding hydrogens is 330 g/mol. The van der Waals surface area contributed by atoms with Gasteiger partial charge in [-0.2, -0.15) is 0 Å². The van der Waals surface area contributed by atoms with Gasteiger partial charge in [-0.05, 0) is 43.9 Å². The monoisotopic (exact) mass is 355 g/mol. The smallest absolute Gasteiger partial charge is 0.254 e. The fourth-order valence-electron chi connectivity index (χ4n) is 4.42. The van der Waals surface area contributed by atoms with Crippen molar-refractivity contribution in [3.63, 3.8) is 0 Å². The number of hydrogen-bond donors (Lipinski definition) is 0. The van der Waals surface area contributed by atoms with Crippen molar-refractivity contribution in [2.24, 2.45) is 5.41 Å². The number of hydrogen-bond acceptors (Lipinski definition) is 4. The van der Waals surface area contributed by atoms with Crippen LogP contribution in [0, 0.1) is 12.3 Å². The molecule has 2 fully saturated rings. The molecule has 2 aromatic rings. The third-order valence-electron chi connectivity index (χ3n) is 5.70. The molecule has 6 heteroatoms. The number of amides is 2. The zero-order valence-corrected chi connectivity index (χ0v) is 15.5. The van der Waals surface area contributed by atoms with Crippen molar-refractivity contribution in [3.8, 4) is 0 Å².